The Kier molecular flexibility index (Phi) is 6.93. The van der Waals surface area contributed by atoms with Gasteiger partial charge in [-0.25, -0.2) is 0 Å². The van der Waals surface area contributed by atoms with Gasteiger partial charge in [-0.2, -0.15) is 0 Å². The summed E-state index contributed by atoms with van der Waals surface area (Å²) in [5, 5.41) is 7.10. The summed E-state index contributed by atoms with van der Waals surface area (Å²) < 4.78 is 6.60. The highest BCUT2D eigenvalue weighted by atomic mass is 16.3. The van der Waals surface area contributed by atoms with E-state index in [9.17, 15) is 0 Å². The molecule has 0 spiro atoms. The molecule has 10 aromatic rings. The predicted molar refractivity (Wildman–Crippen MR) is 232 cm³/mol. The maximum Gasteiger partial charge on any atom is 0.143 e. The summed E-state index contributed by atoms with van der Waals surface area (Å²) in [4.78, 5) is 2.41. The molecule has 2 nitrogen and oxygen atoms in total. The van der Waals surface area contributed by atoms with Crippen molar-refractivity contribution in [1.29, 1.82) is 0 Å². The summed E-state index contributed by atoms with van der Waals surface area (Å²) >= 11 is 0. The third kappa shape index (κ3) is 4.88. The lowest BCUT2D eigenvalue weighted by Crippen LogP contribution is -2.16. The predicted octanol–water partition coefficient (Wildman–Crippen LogP) is 15.0. The molecule has 11 rings (SSSR count). The van der Waals surface area contributed by atoms with Crippen LogP contribution >= 0.6 is 0 Å². The second-order valence-electron chi connectivity index (χ2n) is 15.3. The molecule has 0 bridgehead atoms. The molecule has 0 radical (unpaired) electrons. The number of anilines is 3. The summed E-state index contributed by atoms with van der Waals surface area (Å²) in [5.74, 6) is 0. The number of rotatable bonds is 5. The number of furan rings is 1. The van der Waals surface area contributed by atoms with E-state index in [-0.39, 0.29) is 5.41 Å². The molecular weight excluding hydrogens is 667 g/mol. The first-order valence-corrected chi connectivity index (χ1v) is 19.1. The van der Waals surface area contributed by atoms with Crippen molar-refractivity contribution in [2.45, 2.75) is 19.3 Å². The molecule has 1 aliphatic carbocycles. The summed E-state index contributed by atoms with van der Waals surface area (Å²) in [6.07, 6.45) is 0. The van der Waals surface area contributed by atoms with Crippen molar-refractivity contribution in [3.8, 4) is 33.4 Å². The van der Waals surface area contributed by atoms with Crippen molar-refractivity contribution < 1.29 is 4.42 Å². The normalized spacial score (nSPS) is 13.1. The van der Waals surface area contributed by atoms with E-state index in [1.807, 2.05) is 0 Å². The second-order valence-corrected chi connectivity index (χ2v) is 15.3. The minimum absolute atomic E-state index is 0.115. The van der Waals surface area contributed by atoms with E-state index in [0.29, 0.717) is 0 Å². The minimum atomic E-state index is -0.115. The van der Waals surface area contributed by atoms with Gasteiger partial charge in [-0.15, -0.1) is 0 Å². The van der Waals surface area contributed by atoms with Gasteiger partial charge < -0.3 is 9.32 Å². The van der Waals surface area contributed by atoms with Crippen LogP contribution in [0, 0.1) is 0 Å². The Labute approximate surface area is 320 Å². The van der Waals surface area contributed by atoms with Crippen LogP contribution in [0.15, 0.2) is 192 Å². The van der Waals surface area contributed by atoms with Crippen LogP contribution in [-0.2, 0) is 5.41 Å². The smallest absolute Gasteiger partial charge is 0.143 e. The van der Waals surface area contributed by atoms with Crippen molar-refractivity contribution in [2.75, 3.05) is 4.90 Å². The van der Waals surface area contributed by atoms with Gasteiger partial charge in [0.1, 0.15) is 11.2 Å². The Morgan fingerprint density at radius 2 is 1.04 bits per heavy atom. The average molecular weight is 704 g/mol. The van der Waals surface area contributed by atoms with E-state index in [0.717, 1.165) is 55.5 Å². The molecular formula is C53H37NO. The Morgan fingerprint density at radius 3 is 1.91 bits per heavy atom. The topological polar surface area (TPSA) is 16.4 Å². The molecule has 0 unspecified atom stereocenters. The van der Waals surface area contributed by atoms with Crippen molar-refractivity contribution in [2.24, 2.45) is 0 Å². The molecule has 0 aliphatic heterocycles. The summed E-state index contributed by atoms with van der Waals surface area (Å²) in [5.41, 5.74) is 15.2. The molecule has 1 aromatic heterocycles. The maximum absolute atomic E-state index is 6.60. The van der Waals surface area contributed by atoms with E-state index in [1.54, 1.807) is 0 Å². The molecule has 0 saturated heterocycles. The molecule has 0 amide bonds. The average Bonchev–Trinajstić information content (AvgIpc) is 3.73. The number of nitrogens with zero attached hydrogens (tertiary/aromatic N) is 1. The van der Waals surface area contributed by atoms with Gasteiger partial charge in [0, 0.05) is 38.6 Å². The summed E-state index contributed by atoms with van der Waals surface area (Å²) in [6.45, 7) is 4.70. The quantitative estimate of drug-likeness (QED) is 0.177. The zero-order valence-electron chi connectivity index (χ0n) is 30.8. The van der Waals surface area contributed by atoms with Crippen molar-refractivity contribution >= 4 is 60.5 Å². The number of hydrogen-bond acceptors (Lipinski definition) is 2. The van der Waals surface area contributed by atoms with Crippen LogP contribution in [0.2, 0.25) is 0 Å². The third-order valence-corrected chi connectivity index (χ3v) is 11.9. The van der Waals surface area contributed by atoms with E-state index in [2.05, 4.69) is 207 Å². The molecule has 55 heavy (non-hydrogen) atoms. The first-order chi connectivity index (χ1) is 27.0. The SMILES string of the molecule is CC1(C)c2ccccc2-c2ccc(N(c3ccc(-c4cccc5ccccc45)cc3)c3cccc(-c4cccc5oc6c7ccccc7ccc6c45)c3)cc21. The Hall–Kier alpha value is -6.90. The summed E-state index contributed by atoms with van der Waals surface area (Å²) in [6, 6.07) is 68.4. The highest BCUT2D eigenvalue weighted by molar-refractivity contribution is 6.19. The first-order valence-electron chi connectivity index (χ1n) is 19.1. The molecule has 1 heterocycles. The van der Waals surface area contributed by atoms with Gasteiger partial charge in [0.05, 0.1) is 0 Å². The number of benzene rings is 9. The minimum Gasteiger partial charge on any atom is -0.455 e. The van der Waals surface area contributed by atoms with Gasteiger partial charge in [0.2, 0.25) is 0 Å². The van der Waals surface area contributed by atoms with E-state index >= 15 is 0 Å². The lowest BCUT2D eigenvalue weighted by Gasteiger charge is -2.28. The number of fused-ring (bicyclic) bond motifs is 9. The van der Waals surface area contributed by atoms with Crippen LogP contribution in [0.5, 0.6) is 0 Å². The van der Waals surface area contributed by atoms with Crippen LogP contribution in [0.1, 0.15) is 25.0 Å². The number of hydrogen-bond donors (Lipinski definition) is 0. The van der Waals surface area contributed by atoms with Gasteiger partial charge >= 0.3 is 0 Å². The van der Waals surface area contributed by atoms with E-state index < -0.39 is 0 Å². The van der Waals surface area contributed by atoms with E-state index in [1.165, 1.54) is 49.5 Å². The molecule has 0 atom stereocenters. The van der Waals surface area contributed by atoms with Crippen molar-refractivity contribution in [3.05, 3.63) is 199 Å². The van der Waals surface area contributed by atoms with Crippen molar-refractivity contribution in [1.82, 2.24) is 0 Å². The van der Waals surface area contributed by atoms with Crippen LogP contribution in [0.4, 0.5) is 17.1 Å². The fraction of sp³-hybridized carbons (Fsp3) is 0.0566. The molecule has 0 N–H and O–H groups in total. The lowest BCUT2D eigenvalue weighted by molar-refractivity contribution is 0.660. The van der Waals surface area contributed by atoms with Gasteiger partial charge in [-0.1, -0.05) is 153 Å². The first kappa shape index (κ1) is 31.6. The van der Waals surface area contributed by atoms with Gasteiger partial charge in [0.15, 0.2) is 0 Å². The maximum atomic E-state index is 6.60. The van der Waals surface area contributed by atoms with Crippen LogP contribution in [-0.4, -0.2) is 0 Å². The molecule has 260 valence electrons. The Bertz CT molecular complexity index is 3120. The summed E-state index contributed by atoms with van der Waals surface area (Å²) in [7, 11) is 0. The molecule has 2 heteroatoms. The molecule has 9 aromatic carbocycles. The monoisotopic (exact) mass is 703 g/mol. The zero-order chi connectivity index (χ0) is 36.7. The Morgan fingerprint density at radius 1 is 0.400 bits per heavy atom. The lowest BCUT2D eigenvalue weighted by atomic mass is 9.82. The second kappa shape index (κ2) is 12.1. The van der Waals surface area contributed by atoms with Crippen LogP contribution in [0.25, 0.3) is 76.9 Å². The fourth-order valence-electron chi connectivity index (χ4n) is 9.15. The zero-order valence-corrected chi connectivity index (χ0v) is 30.8. The van der Waals surface area contributed by atoms with Gasteiger partial charge in [-0.05, 0) is 109 Å². The highest BCUT2D eigenvalue weighted by Gasteiger charge is 2.35. The Balaban J connectivity index is 1.08. The standard InChI is InChI=1S/C53H37NO/c1-53(2)48-22-8-7-19-45(48)46-31-29-40(33-49(46)53)54(38-27-24-36(25-28-38)42-20-10-14-34-12-3-5-17-41(34)42)39-16-9-15-37(32-39)43-21-11-23-50-51(43)47-30-26-35-13-4-6-18-44(35)52(47)55-50/h3-33H,1-2H3. The highest BCUT2D eigenvalue weighted by Crippen LogP contribution is 2.51. The van der Waals surface area contributed by atoms with Crippen LogP contribution in [0.3, 0.4) is 0 Å². The fourth-order valence-corrected chi connectivity index (χ4v) is 9.15. The largest absolute Gasteiger partial charge is 0.455 e. The molecule has 1 aliphatic rings. The molecule has 0 fully saturated rings. The van der Waals surface area contributed by atoms with Gasteiger partial charge in [-0.3, -0.25) is 0 Å². The van der Waals surface area contributed by atoms with Crippen molar-refractivity contribution in [3.63, 3.8) is 0 Å². The third-order valence-electron chi connectivity index (χ3n) is 11.9. The molecule has 0 saturated carbocycles. The van der Waals surface area contributed by atoms with E-state index in [4.69, 9.17) is 4.42 Å². The van der Waals surface area contributed by atoms with Crippen LogP contribution < -0.4 is 4.90 Å². The van der Waals surface area contributed by atoms with Gasteiger partial charge in [0.25, 0.3) is 0 Å².